The molecule has 0 spiro atoms. The number of nitrogens with zero attached hydrogens (tertiary/aromatic N) is 1. The van der Waals surface area contributed by atoms with Crippen LogP contribution in [0.15, 0.2) is 40.4 Å². The summed E-state index contributed by atoms with van der Waals surface area (Å²) in [5.41, 5.74) is 0.0242. The van der Waals surface area contributed by atoms with Crippen molar-refractivity contribution in [2.45, 2.75) is 0 Å². The molecule has 0 fully saturated rings. The molecule has 1 heterocycles. The highest BCUT2D eigenvalue weighted by Gasteiger charge is 2.18. The Labute approximate surface area is 149 Å². The molecular weight excluding hydrogens is 398 g/mol. The van der Waals surface area contributed by atoms with Crippen LogP contribution in [0.25, 0.3) is 6.08 Å². The van der Waals surface area contributed by atoms with E-state index in [0.717, 1.165) is 12.1 Å². The van der Waals surface area contributed by atoms with Crippen LogP contribution in [0.3, 0.4) is 0 Å². The minimum absolute atomic E-state index is 0.0877. The number of benzene rings is 2. The van der Waals surface area contributed by atoms with Gasteiger partial charge < -0.3 is 14.8 Å². The van der Waals surface area contributed by atoms with Crippen LogP contribution in [0, 0.1) is 23.0 Å². The van der Waals surface area contributed by atoms with E-state index in [1.165, 1.54) is 6.08 Å². The number of amides is 1. The van der Waals surface area contributed by atoms with Gasteiger partial charge in [-0.05, 0) is 35.9 Å². The van der Waals surface area contributed by atoms with Gasteiger partial charge in [0.25, 0.3) is 5.91 Å². The first kappa shape index (κ1) is 16.9. The van der Waals surface area contributed by atoms with Gasteiger partial charge in [-0.15, -0.1) is 0 Å². The quantitative estimate of drug-likeness (QED) is 0.617. The largest absolute Gasteiger partial charge is 0.454 e. The summed E-state index contributed by atoms with van der Waals surface area (Å²) in [4.78, 5) is 12.2. The average molecular weight is 407 g/mol. The molecule has 8 heteroatoms. The molecule has 1 N–H and O–H groups in total. The monoisotopic (exact) mass is 406 g/mol. The molecule has 0 aromatic heterocycles. The maximum Gasteiger partial charge on any atom is 0.266 e. The minimum Gasteiger partial charge on any atom is -0.454 e. The average Bonchev–Trinajstić information content (AvgIpc) is 3.02. The van der Waals surface area contributed by atoms with Gasteiger partial charge >= 0.3 is 0 Å². The molecule has 0 saturated heterocycles. The summed E-state index contributed by atoms with van der Waals surface area (Å²) in [7, 11) is 0. The van der Waals surface area contributed by atoms with Crippen molar-refractivity contribution < 1.29 is 23.0 Å². The Hall–Kier alpha value is -2.92. The number of nitriles is 1. The highest BCUT2D eigenvalue weighted by atomic mass is 79.9. The topological polar surface area (TPSA) is 71.3 Å². The lowest BCUT2D eigenvalue weighted by Gasteiger charge is -2.06. The lowest BCUT2D eigenvalue weighted by molar-refractivity contribution is -0.112. The van der Waals surface area contributed by atoms with Crippen molar-refractivity contribution in [2.24, 2.45) is 0 Å². The second kappa shape index (κ2) is 6.91. The van der Waals surface area contributed by atoms with Gasteiger partial charge in [-0.25, -0.2) is 8.78 Å². The molecule has 2 aromatic rings. The first-order valence-electron chi connectivity index (χ1n) is 6.95. The van der Waals surface area contributed by atoms with Gasteiger partial charge in [-0.2, -0.15) is 5.26 Å². The van der Waals surface area contributed by atoms with E-state index >= 15 is 0 Å². The first-order valence-corrected chi connectivity index (χ1v) is 7.74. The predicted molar refractivity (Wildman–Crippen MR) is 88.8 cm³/mol. The fraction of sp³-hybridized carbons (Fsp3) is 0.0588. The Balaban J connectivity index is 1.88. The molecular formula is C17H9BrF2N2O3. The lowest BCUT2D eigenvalue weighted by atomic mass is 10.1. The molecule has 0 aliphatic carbocycles. The molecule has 25 heavy (non-hydrogen) atoms. The molecule has 0 bridgehead atoms. The van der Waals surface area contributed by atoms with E-state index in [1.807, 2.05) is 0 Å². The van der Waals surface area contributed by atoms with Crippen molar-refractivity contribution in [1.29, 1.82) is 5.26 Å². The van der Waals surface area contributed by atoms with Crippen LogP contribution in [-0.2, 0) is 4.79 Å². The molecule has 0 unspecified atom stereocenters. The SMILES string of the molecule is N#C/C(=C\c1cc2c(cc1Br)OCO2)C(=O)Nc1ccc(F)cc1F. The number of carbonyl (C=O) groups excluding carboxylic acids is 1. The van der Waals surface area contributed by atoms with Crippen molar-refractivity contribution in [2.75, 3.05) is 12.1 Å². The van der Waals surface area contributed by atoms with Crippen molar-refractivity contribution in [1.82, 2.24) is 0 Å². The third-order valence-corrected chi connectivity index (χ3v) is 4.02. The summed E-state index contributed by atoms with van der Waals surface area (Å²) < 4.78 is 37.6. The van der Waals surface area contributed by atoms with Gasteiger partial charge in [-0.1, -0.05) is 15.9 Å². The number of ether oxygens (including phenoxy) is 2. The summed E-state index contributed by atoms with van der Waals surface area (Å²) in [5, 5.41) is 11.5. The van der Waals surface area contributed by atoms with Crippen LogP contribution in [0.2, 0.25) is 0 Å². The Morgan fingerprint density at radius 2 is 1.96 bits per heavy atom. The number of anilines is 1. The van der Waals surface area contributed by atoms with Crippen LogP contribution < -0.4 is 14.8 Å². The zero-order valence-electron chi connectivity index (χ0n) is 12.5. The standard InChI is InChI=1S/C17H9BrF2N2O3/c18-12-6-16-15(24-8-25-16)4-9(12)3-10(7-21)17(23)22-14-2-1-11(19)5-13(14)20/h1-6H,8H2,(H,22,23)/b10-3+. The third-order valence-electron chi connectivity index (χ3n) is 3.34. The summed E-state index contributed by atoms with van der Waals surface area (Å²) in [6.07, 6.45) is 1.32. The summed E-state index contributed by atoms with van der Waals surface area (Å²) in [6.45, 7) is 0.0877. The van der Waals surface area contributed by atoms with Crippen LogP contribution >= 0.6 is 15.9 Å². The molecule has 5 nitrogen and oxygen atoms in total. The maximum atomic E-state index is 13.6. The van der Waals surface area contributed by atoms with Crippen molar-refractivity contribution in [3.8, 4) is 17.6 Å². The number of hydrogen-bond acceptors (Lipinski definition) is 4. The zero-order valence-corrected chi connectivity index (χ0v) is 14.1. The molecule has 1 amide bonds. The van der Waals surface area contributed by atoms with Crippen LogP contribution in [0.4, 0.5) is 14.5 Å². The molecule has 2 aromatic carbocycles. The zero-order chi connectivity index (χ0) is 18.0. The Bertz CT molecular complexity index is 938. The number of rotatable bonds is 3. The van der Waals surface area contributed by atoms with Crippen molar-refractivity contribution >= 4 is 33.6 Å². The first-order chi connectivity index (χ1) is 12.0. The van der Waals surface area contributed by atoms with Gasteiger partial charge in [0.1, 0.15) is 23.3 Å². The molecule has 0 saturated carbocycles. The minimum atomic E-state index is -0.935. The highest BCUT2D eigenvalue weighted by Crippen LogP contribution is 2.37. The summed E-state index contributed by atoms with van der Waals surface area (Å²) >= 11 is 3.32. The second-order valence-electron chi connectivity index (χ2n) is 4.98. The fourth-order valence-electron chi connectivity index (χ4n) is 2.13. The number of hydrogen-bond donors (Lipinski definition) is 1. The van der Waals surface area contributed by atoms with Gasteiger partial charge in [0.05, 0.1) is 5.69 Å². The molecule has 1 aliphatic heterocycles. The fourth-order valence-corrected chi connectivity index (χ4v) is 2.56. The molecule has 3 rings (SSSR count). The van der Waals surface area contributed by atoms with Gasteiger partial charge in [0.2, 0.25) is 6.79 Å². The van der Waals surface area contributed by atoms with Gasteiger partial charge in [-0.3, -0.25) is 4.79 Å². The van der Waals surface area contributed by atoms with Crippen molar-refractivity contribution in [3.05, 3.63) is 57.6 Å². The Morgan fingerprint density at radius 3 is 2.64 bits per heavy atom. The Morgan fingerprint density at radius 1 is 1.24 bits per heavy atom. The number of nitrogens with one attached hydrogen (secondary N) is 1. The number of fused-ring (bicyclic) bond motifs is 1. The summed E-state index contributed by atoms with van der Waals surface area (Å²) in [6, 6.07) is 7.74. The van der Waals surface area contributed by atoms with Gasteiger partial charge in [0, 0.05) is 10.5 Å². The normalized spacial score (nSPS) is 12.6. The van der Waals surface area contributed by atoms with E-state index < -0.39 is 17.5 Å². The maximum absolute atomic E-state index is 13.6. The van der Waals surface area contributed by atoms with E-state index in [4.69, 9.17) is 9.47 Å². The number of halogens is 3. The molecule has 126 valence electrons. The van der Waals surface area contributed by atoms with Crippen LogP contribution in [-0.4, -0.2) is 12.7 Å². The summed E-state index contributed by atoms with van der Waals surface area (Å²) in [5.74, 6) is -1.50. The van der Waals surface area contributed by atoms with Crippen LogP contribution in [0.5, 0.6) is 11.5 Å². The van der Waals surface area contributed by atoms with Crippen molar-refractivity contribution in [3.63, 3.8) is 0 Å². The third kappa shape index (κ3) is 3.61. The molecule has 0 atom stereocenters. The predicted octanol–water partition coefficient (Wildman–Crippen LogP) is 4.00. The lowest BCUT2D eigenvalue weighted by Crippen LogP contribution is -2.14. The Kier molecular flexibility index (Phi) is 4.67. The van der Waals surface area contributed by atoms with E-state index in [0.29, 0.717) is 27.6 Å². The van der Waals surface area contributed by atoms with E-state index in [9.17, 15) is 18.8 Å². The molecule has 0 radical (unpaired) electrons. The molecule has 1 aliphatic rings. The number of carbonyl (C=O) groups is 1. The van der Waals surface area contributed by atoms with Crippen LogP contribution in [0.1, 0.15) is 5.56 Å². The second-order valence-corrected chi connectivity index (χ2v) is 5.83. The van der Waals surface area contributed by atoms with Gasteiger partial charge in [0.15, 0.2) is 11.5 Å². The smallest absolute Gasteiger partial charge is 0.266 e. The van der Waals surface area contributed by atoms with E-state index in [1.54, 1.807) is 18.2 Å². The van der Waals surface area contributed by atoms with E-state index in [2.05, 4.69) is 21.2 Å². The highest BCUT2D eigenvalue weighted by molar-refractivity contribution is 9.10. The van der Waals surface area contributed by atoms with E-state index in [-0.39, 0.29) is 18.1 Å².